The second kappa shape index (κ2) is 20.2. The van der Waals surface area contributed by atoms with Crippen molar-refractivity contribution in [1.29, 1.82) is 5.26 Å². The number of hydrogen-bond acceptors (Lipinski definition) is 8. The largest absolute Gasteiger partial charge is 0.534 e. The summed E-state index contributed by atoms with van der Waals surface area (Å²) < 4.78 is 88.6. The van der Waals surface area contributed by atoms with Crippen molar-refractivity contribution < 1.29 is 44.5 Å². The van der Waals surface area contributed by atoms with Crippen LogP contribution in [0.3, 0.4) is 0 Å². The summed E-state index contributed by atoms with van der Waals surface area (Å²) in [5.41, 5.74) is -7.39. The van der Waals surface area contributed by atoms with Crippen molar-refractivity contribution in [2.24, 2.45) is 23.7 Å². The van der Waals surface area contributed by atoms with Gasteiger partial charge in [0.15, 0.2) is 14.1 Å². The van der Waals surface area contributed by atoms with Gasteiger partial charge >= 0.3 is 15.6 Å². The molecule has 0 aliphatic heterocycles. The Morgan fingerprint density at radius 2 is 1.52 bits per heavy atom. The highest BCUT2D eigenvalue weighted by molar-refractivity contribution is 7.87. The van der Waals surface area contributed by atoms with Crippen molar-refractivity contribution in [1.82, 2.24) is 0 Å². The van der Waals surface area contributed by atoms with Crippen molar-refractivity contribution in [2.45, 2.75) is 134 Å². The molecule has 0 radical (unpaired) electrons. The third kappa shape index (κ3) is 9.82. The van der Waals surface area contributed by atoms with Crippen LogP contribution in [0.5, 0.6) is 0 Å². The molecule has 2 fully saturated rings. The first-order chi connectivity index (χ1) is 28.3. The van der Waals surface area contributed by atoms with E-state index in [1.807, 2.05) is 121 Å². The van der Waals surface area contributed by atoms with E-state index in [0.717, 1.165) is 29.6 Å². The second-order valence-corrected chi connectivity index (χ2v) is 27.8. The molecule has 2 aliphatic carbocycles. The first-order valence-corrected chi connectivity index (χ1v) is 27.2. The molecule has 8 nitrogen and oxygen atoms in total. The van der Waals surface area contributed by atoms with E-state index < -0.39 is 90.6 Å². The van der Waals surface area contributed by atoms with Gasteiger partial charge in [-0.05, 0) is 78.0 Å². The van der Waals surface area contributed by atoms with Crippen LogP contribution in [0.4, 0.5) is 13.2 Å². The summed E-state index contributed by atoms with van der Waals surface area (Å²) in [4.78, 5) is 15.2. The van der Waals surface area contributed by atoms with Gasteiger partial charge in [0, 0.05) is 24.5 Å². The lowest BCUT2D eigenvalue weighted by atomic mass is 9.71. The molecular weight excluding hydrogens is 824 g/mol. The molecule has 14 heteroatoms. The van der Waals surface area contributed by atoms with Crippen molar-refractivity contribution in [3.63, 3.8) is 0 Å². The number of nitriles is 1. The summed E-state index contributed by atoms with van der Waals surface area (Å²) in [5, 5.41) is 21.9. The van der Waals surface area contributed by atoms with E-state index in [2.05, 4.69) is 12.7 Å². The van der Waals surface area contributed by atoms with Gasteiger partial charge in [0.2, 0.25) is 0 Å². The summed E-state index contributed by atoms with van der Waals surface area (Å²) in [7, 11) is -12.2. The predicted octanol–water partition coefficient (Wildman–Crippen LogP) is 9.88. The number of benzene rings is 2. The molecule has 330 valence electrons. The van der Waals surface area contributed by atoms with Crippen molar-refractivity contribution in [3.8, 4) is 6.07 Å². The number of alkyl halides is 3. The highest BCUT2D eigenvalue weighted by atomic mass is 32.2. The topological polar surface area (TPSA) is 123 Å². The van der Waals surface area contributed by atoms with E-state index in [0.29, 0.717) is 31.0 Å². The van der Waals surface area contributed by atoms with Crippen LogP contribution in [0.25, 0.3) is 0 Å². The fraction of sp³-hybridized carbons (Fsp3) is 0.565. The lowest BCUT2D eigenvalue weighted by molar-refractivity contribution is -0.123. The smallest absolute Gasteiger partial charge is 0.407 e. The summed E-state index contributed by atoms with van der Waals surface area (Å²) >= 11 is 0. The van der Waals surface area contributed by atoms with Crippen LogP contribution < -0.4 is 10.4 Å². The van der Waals surface area contributed by atoms with Gasteiger partial charge in [-0.3, -0.25) is 4.79 Å². The van der Waals surface area contributed by atoms with E-state index in [9.17, 15) is 32.0 Å². The normalized spacial score (nSPS) is 23.8. The van der Waals surface area contributed by atoms with Gasteiger partial charge in [-0.2, -0.15) is 26.9 Å². The molecule has 0 spiro atoms. The summed E-state index contributed by atoms with van der Waals surface area (Å²) in [6.45, 7) is 18.1. The zero-order chi connectivity index (χ0) is 44.6. The molecule has 6 atom stereocenters. The van der Waals surface area contributed by atoms with Crippen LogP contribution in [0.2, 0.25) is 23.2 Å². The molecule has 0 unspecified atom stereocenters. The van der Waals surface area contributed by atoms with E-state index >= 15 is 4.79 Å². The van der Waals surface area contributed by atoms with Gasteiger partial charge in [0.25, 0.3) is 8.32 Å². The van der Waals surface area contributed by atoms with Crippen LogP contribution >= 0.6 is 0 Å². The molecule has 0 amide bonds. The lowest BCUT2D eigenvalue weighted by Gasteiger charge is -2.43. The average molecular weight is 888 g/mol. The summed E-state index contributed by atoms with van der Waals surface area (Å²) in [5.74, 6) is -4.31. The Bertz CT molecular complexity index is 1930. The van der Waals surface area contributed by atoms with Crippen molar-refractivity contribution >= 4 is 42.9 Å². The molecule has 2 saturated carbocycles. The fourth-order valence-corrected chi connectivity index (χ4v) is 18.2. The maximum Gasteiger partial charge on any atom is 0.534 e. The summed E-state index contributed by atoms with van der Waals surface area (Å²) in [6, 6.07) is 23.2. The van der Waals surface area contributed by atoms with Gasteiger partial charge < -0.3 is 18.1 Å². The molecule has 2 aromatic rings. The SMILES string of the molecule is C=C[C@]1(O[Si](CC)(CC)CC)[C@@H]2C(=O)/C(=C(/CCO[Si](c3ccccc3)(c3ccccc3)C(C)(C)C)OS(=O)(=O)C(F)(F)F)[C@H]1[C@H](CCCCC/C=C/C)[C@H]2C[C@@H](O)C#N. The van der Waals surface area contributed by atoms with E-state index in [1.54, 1.807) is 6.08 Å². The Morgan fingerprint density at radius 3 is 1.98 bits per heavy atom. The molecule has 2 bridgehead atoms. The zero-order valence-electron chi connectivity index (χ0n) is 36.3. The maximum absolute atomic E-state index is 15.2. The van der Waals surface area contributed by atoms with Gasteiger partial charge in [0.05, 0.1) is 17.6 Å². The average Bonchev–Trinajstić information content (AvgIpc) is 3.61. The molecule has 0 aromatic heterocycles. The Morgan fingerprint density at radius 1 is 0.950 bits per heavy atom. The minimum absolute atomic E-state index is 0.0637. The van der Waals surface area contributed by atoms with Crippen LogP contribution in [0, 0.1) is 35.0 Å². The van der Waals surface area contributed by atoms with Crippen LogP contribution in [-0.4, -0.2) is 59.8 Å². The molecule has 0 heterocycles. The third-order valence-electron chi connectivity index (χ3n) is 13.0. The number of aliphatic hydroxyl groups excluding tert-OH is 1. The number of allylic oxidation sites excluding steroid dienone is 2. The third-order valence-corrected chi connectivity index (χ3v) is 23.7. The number of carbonyl (C=O) groups is 1. The number of aliphatic hydroxyl groups is 1. The highest BCUT2D eigenvalue weighted by Gasteiger charge is 2.71. The van der Waals surface area contributed by atoms with E-state index in [1.165, 1.54) is 0 Å². The quantitative estimate of drug-likeness (QED) is 0.0181. The number of rotatable bonds is 22. The molecule has 1 N–H and O–H groups in total. The molecule has 60 heavy (non-hydrogen) atoms. The molecule has 2 aliphatic rings. The Balaban J connectivity index is 1.99. The van der Waals surface area contributed by atoms with E-state index in [4.69, 9.17) is 13.0 Å². The molecular formula is C46H64F3NO7SSi2. The zero-order valence-corrected chi connectivity index (χ0v) is 39.1. The van der Waals surface area contributed by atoms with Gasteiger partial charge in [0.1, 0.15) is 11.9 Å². The van der Waals surface area contributed by atoms with Crippen molar-refractivity contribution in [2.75, 3.05) is 6.61 Å². The molecule has 4 rings (SSSR count). The number of carbonyl (C=O) groups excluding carboxylic acids is 1. The standard InChI is InChI=1S/C46H64F3NO7SSi2/c1-9-14-15-16-17-24-29-37-38(32-34(51)33-50)42-43(52)40(41(37)45(42,10-2)57-59(11-3,12-4)13-5)39(56-58(53,54)46(47,48)49)30-31-55-60(44(6,7)8,35-25-20-18-21-26-35)36-27-22-19-23-28-36/h9-10,14,18-23,25-28,34,37-38,41-42,51H,2,11-13,15-17,24,29-32H2,1,3-8H3/b14-9+,40-39-/t34-,37-,38-,41-,42+,45-/m1/s1. The Hall–Kier alpha value is -3.33. The number of halogens is 3. The number of ketones is 1. The highest BCUT2D eigenvalue weighted by Crippen LogP contribution is 2.65. The second-order valence-electron chi connectivity index (χ2n) is 17.2. The van der Waals surface area contributed by atoms with Gasteiger partial charge in [-0.1, -0.05) is 133 Å². The van der Waals surface area contributed by atoms with Gasteiger partial charge in [-0.25, -0.2) is 0 Å². The minimum atomic E-state index is -6.25. The first-order valence-electron chi connectivity index (χ1n) is 21.4. The predicted molar refractivity (Wildman–Crippen MR) is 236 cm³/mol. The lowest BCUT2D eigenvalue weighted by Crippen LogP contribution is -2.66. The van der Waals surface area contributed by atoms with Crippen molar-refractivity contribution in [3.05, 3.63) is 96.8 Å². The minimum Gasteiger partial charge on any atom is -0.407 e. The van der Waals surface area contributed by atoms with Crippen LogP contribution in [0.1, 0.15) is 93.4 Å². The Kier molecular flexibility index (Phi) is 16.6. The molecule has 0 saturated heterocycles. The first kappa shape index (κ1) is 49.3. The number of fused-ring (bicyclic) bond motifs is 2. The number of nitrogens with zero attached hydrogens (tertiary/aromatic N) is 1. The van der Waals surface area contributed by atoms with E-state index in [-0.39, 0.29) is 18.6 Å². The van der Waals surface area contributed by atoms with Gasteiger partial charge in [-0.15, -0.1) is 6.58 Å². The van der Waals surface area contributed by atoms with Crippen LogP contribution in [0.15, 0.2) is 96.8 Å². The molecule has 2 aromatic carbocycles. The number of hydrogen-bond donors (Lipinski definition) is 1. The Labute approximate surface area is 358 Å². The number of unbranched alkanes of at least 4 members (excludes halogenated alkanes) is 3. The van der Waals surface area contributed by atoms with Crippen LogP contribution in [-0.2, 0) is 27.9 Å². The maximum atomic E-state index is 15.2. The number of Topliss-reactive ketones (excluding diaryl/α,β-unsaturated/α-hetero) is 1. The monoisotopic (exact) mass is 887 g/mol. The fourth-order valence-electron chi connectivity index (χ4n) is 10.0. The summed E-state index contributed by atoms with van der Waals surface area (Å²) in [6.07, 6.45) is 7.44.